The number of pyridine rings is 1. The van der Waals surface area contributed by atoms with Gasteiger partial charge in [-0.2, -0.15) is 0 Å². The molecule has 3 aromatic rings. The molecular formula is C19H21N3O4S. The number of aromatic nitrogens is 1. The van der Waals surface area contributed by atoms with Gasteiger partial charge in [-0.3, -0.25) is 10.1 Å². The Morgan fingerprint density at radius 1 is 1.04 bits per heavy atom. The van der Waals surface area contributed by atoms with Crippen LogP contribution in [0.2, 0.25) is 0 Å². The lowest BCUT2D eigenvalue weighted by molar-refractivity contribution is -0.384. The van der Waals surface area contributed by atoms with E-state index < -0.39 is 4.92 Å². The first-order valence-corrected chi connectivity index (χ1v) is 9.73. The predicted molar refractivity (Wildman–Crippen MR) is 109 cm³/mol. The van der Waals surface area contributed by atoms with E-state index >= 15 is 0 Å². The van der Waals surface area contributed by atoms with Crippen LogP contribution in [-0.2, 0) is 0 Å². The van der Waals surface area contributed by atoms with E-state index in [0.29, 0.717) is 30.3 Å². The average molecular weight is 387 g/mol. The van der Waals surface area contributed by atoms with E-state index in [0.717, 1.165) is 27.2 Å². The number of thioether (sulfide) groups is 1. The Hall–Kier alpha value is -2.42. The molecule has 0 spiro atoms. The molecule has 7 nitrogen and oxygen atoms in total. The number of non-ortho nitro benzene ring substituents is 1. The summed E-state index contributed by atoms with van der Waals surface area (Å²) in [6.45, 7) is 0.774. The minimum absolute atomic E-state index is 0.0160. The molecule has 1 aromatic heterocycles. The molecule has 8 heteroatoms. The summed E-state index contributed by atoms with van der Waals surface area (Å²) in [5.41, 5.74) is 2.29. The van der Waals surface area contributed by atoms with Crippen molar-refractivity contribution in [1.82, 2.24) is 4.98 Å². The smallest absolute Gasteiger partial charge is 0.270 e. The second kappa shape index (κ2) is 8.98. The molecule has 0 aliphatic rings. The molecule has 142 valence electrons. The molecule has 3 N–H and O–H groups in total. The van der Waals surface area contributed by atoms with Crippen LogP contribution in [0.1, 0.15) is 12.8 Å². The zero-order chi connectivity index (χ0) is 19.2. The van der Waals surface area contributed by atoms with Gasteiger partial charge in [-0.1, -0.05) is 0 Å². The van der Waals surface area contributed by atoms with Crippen molar-refractivity contribution in [2.75, 3.05) is 30.8 Å². The molecule has 1 heterocycles. The van der Waals surface area contributed by atoms with E-state index in [9.17, 15) is 10.1 Å². The summed E-state index contributed by atoms with van der Waals surface area (Å²) in [6.07, 6.45) is 1.29. The third-order valence-electron chi connectivity index (χ3n) is 4.15. The number of fused-ring (bicyclic) bond motifs is 2. The standard InChI is InChI=1S/C19H21N3O4S/c23-8-1-7-20-19-15-11-13(22(25)26)3-5-17(15)21-18-6-4-14(12-16(18)19)27-10-2-9-24/h3-6,11-12,23-24H,1-2,7-10H2,(H,20,21). The van der Waals surface area contributed by atoms with Crippen molar-refractivity contribution < 1.29 is 15.1 Å². The summed E-state index contributed by atoms with van der Waals surface area (Å²) in [5.74, 6) is 0.807. The number of aliphatic hydroxyl groups excluding tert-OH is 2. The zero-order valence-corrected chi connectivity index (χ0v) is 15.5. The maximum Gasteiger partial charge on any atom is 0.270 e. The van der Waals surface area contributed by atoms with Gasteiger partial charge >= 0.3 is 0 Å². The maximum atomic E-state index is 11.2. The number of nitro benzene ring substituents is 1. The number of hydrogen-bond acceptors (Lipinski definition) is 7. The van der Waals surface area contributed by atoms with E-state index in [1.54, 1.807) is 17.8 Å². The van der Waals surface area contributed by atoms with Crippen molar-refractivity contribution in [2.45, 2.75) is 17.7 Å². The highest BCUT2D eigenvalue weighted by molar-refractivity contribution is 7.99. The number of aliphatic hydroxyl groups is 2. The van der Waals surface area contributed by atoms with E-state index in [4.69, 9.17) is 10.2 Å². The number of hydrogen-bond donors (Lipinski definition) is 3. The quantitative estimate of drug-likeness (QED) is 0.169. The van der Waals surface area contributed by atoms with Crippen LogP contribution in [0.5, 0.6) is 0 Å². The molecule has 0 fully saturated rings. The molecule has 0 bridgehead atoms. The fourth-order valence-corrected chi connectivity index (χ4v) is 3.72. The third kappa shape index (κ3) is 4.47. The summed E-state index contributed by atoms with van der Waals surface area (Å²) >= 11 is 1.65. The Morgan fingerprint density at radius 3 is 2.44 bits per heavy atom. The Bertz CT molecular complexity index is 964. The molecular weight excluding hydrogens is 366 g/mol. The van der Waals surface area contributed by atoms with Crippen LogP contribution >= 0.6 is 11.8 Å². The van der Waals surface area contributed by atoms with Crippen LogP contribution in [-0.4, -0.2) is 45.6 Å². The van der Waals surface area contributed by atoms with E-state index in [-0.39, 0.29) is 18.9 Å². The van der Waals surface area contributed by atoms with Gasteiger partial charge in [0, 0.05) is 53.3 Å². The highest BCUT2D eigenvalue weighted by Gasteiger charge is 2.14. The topological polar surface area (TPSA) is 109 Å². The lowest BCUT2D eigenvalue weighted by Crippen LogP contribution is -2.05. The van der Waals surface area contributed by atoms with E-state index in [1.165, 1.54) is 12.1 Å². The van der Waals surface area contributed by atoms with Crippen molar-refractivity contribution in [3.05, 3.63) is 46.5 Å². The van der Waals surface area contributed by atoms with Gasteiger partial charge in [-0.25, -0.2) is 4.98 Å². The molecule has 0 saturated carbocycles. The van der Waals surface area contributed by atoms with Crippen molar-refractivity contribution >= 4 is 44.9 Å². The van der Waals surface area contributed by atoms with Gasteiger partial charge in [0.1, 0.15) is 0 Å². The number of benzene rings is 2. The Labute approximate surface area is 160 Å². The minimum Gasteiger partial charge on any atom is -0.396 e. The van der Waals surface area contributed by atoms with Crippen LogP contribution in [0.15, 0.2) is 41.3 Å². The van der Waals surface area contributed by atoms with Crippen LogP contribution < -0.4 is 5.32 Å². The lowest BCUT2D eigenvalue weighted by atomic mass is 10.1. The molecule has 0 radical (unpaired) electrons. The molecule has 0 aliphatic heterocycles. The molecule has 0 atom stereocenters. The van der Waals surface area contributed by atoms with Crippen molar-refractivity contribution in [3.8, 4) is 0 Å². The minimum atomic E-state index is -0.414. The molecule has 0 aliphatic carbocycles. The van der Waals surface area contributed by atoms with Gasteiger partial charge in [0.05, 0.1) is 21.6 Å². The highest BCUT2D eigenvalue weighted by Crippen LogP contribution is 2.35. The van der Waals surface area contributed by atoms with Crippen LogP contribution in [0.25, 0.3) is 21.8 Å². The first-order valence-electron chi connectivity index (χ1n) is 8.74. The van der Waals surface area contributed by atoms with Crippen LogP contribution in [0.4, 0.5) is 11.4 Å². The van der Waals surface area contributed by atoms with Gasteiger partial charge in [-0.15, -0.1) is 11.8 Å². The van der Waals surface area contributed by atoms with E-state index in [1.807, 2.05) is 18.2 Å². The number of nitro groups is 1. The molecule has 3 rings (SSSR count). The van der Waals surface area contributed by atoms with Crippen LogP contribution in [0.3, 0.4) is 0 Å². The fourth-order valence-electron chi connectivity index (χ4n) is 2.85. The molecule has 0 saturated heterocycles. The lowest BCUT2D eigenvalue weighted by Gasteiger charge is -2.14. The fraction of sp³-hybridized carbons (Fsp3) is 0.316. The number of rotatable bonds is 9. The van der Waals surface area contributed by atoms with Gasteiger partial charge in [0.25, 0.3) is 5.69 Å². The SMILES string of the molecule is O=[N+]([O-])c1ccc2nc3ccc(SCCCO)cc3c(NCCCO)c2c1. The third-order valence-corrected chi connectivity index (χ3v) is 5.23. The predicted octanol–water partition coefficient (Wildman–Crippen LogP) is 3.57. The maximum absolute atomic E-state index is 11.2. The van der Waals surface area contributed by atoms with Gasteiger partial charge in [0.2, 0.25) is 0 Å². The molecule has 0 amide bonds. The van der Waals surface area contributed by atoms with Crippen molar-refractivity contribution in [1.29, 1.82) is 0 Å². The highest BCUT2D eigenvalue weighted by atomic mass is 32.2. The van der Waals surface area contributed by atoms with E-state index in [2.05, 4.69) is 10.3 Å². The monoisotopic (exact) mass is 387 g/mol. The van der Waals surface area contributed by atoms with Gasteiger partial charge in [-0.05, 0) is 37.1 Å². The molecule has 2 aromatic carbocycles. The summed E-state index contributed by atoms with van der Waals surface area (Å²) in [4.78, 5) is 16.5. The van der Waals surface area contributed by atoms with Gasteiger partial charge < -0.3 is 15.5 Å². The average Bonchev–Trinajstić information content (AvgIpc) is 2.67. The van der Waals surface area contributed by atoms with Crippen molar-refractivity contribution in [3.63, 3.8) is 0 Å². The Morgan fingerprint density at radius 2 is 1.74 bits per heavy atom. The summed E-state index contributed by atoms with van der Waals surface area (Å²) < 4.78 is 0. The molecule has 0 unspecified atom stereocenters. The number of nitrogens with zero attached hydrogens (tertiary/aromatic N) is 2. The first-order chi connectivity index (χ1) is 13.1. The number of nitrogens with one attached hydrogen (secondary N) is 1. The largest absolute Gasteiger partial charge is 0.396 e. The van der Waals surface area contributed by atoms with Gasteiger partial charge in [0.15, 0.2) is 0 Å². The second-order valence-electron chi connectivity index (χ2n) is 6.05. The van der Waals surface area contributed by atoms with Crippen molar-refractivity contribution in [2.24, 2.45) is 0 Å². The summed E-state index contributed by atoms with van der Waals surface area (Å²) in [7, 11) is 0. The summed E-state index contributed by atoms with van der Waals surface area (Å²) in [5, 5.41) is 34.1. The van der Waals surface area contributed by atoms with Crippen LogP contribution in [0, 0.1) is 10.1 Å². The zero-order valence-electron chi connectivity index (χ0n) is 14.7. The summed E-state index contributed by atoms with van der Waals surface area (Å²) in [6, 6.07) is 10.6. The second-order valence-corrected chi connectivity index (χ2v) is 7.22. The molecule has 27 heavy (non-hydrogen) atoms. The number of anilines is 1. The normalized spacial score (nSPS) is 11.2. The Kier molecular flexibility index (Phi) is 6.44. The Balaban J connectivity index is 2.13. The first kappa shape index (κ1) is 19.3.